The van der Waals surface area contributed by atoms with E-state index in [0.717, 1.165) is 16.3 Å². The highest BCUT2D eigenvalue weighted by Crippen LogP contribution is 2.21. The van der Waals surface area contributed by atoms with Crippen LogP contribution in [0.3, 0.4) is 0 Å². The van der Waals surface area contributed by atoms with Crippen molar-refractivity contribution in [3.05, 3.63) is 64.7 Å². The van der Waals surface area contributed by atoms with Gasteiger partial charge in [-0.1, -0.05) is 61.3 Å². The summed E-state index contributed by atoms with van der Waals surface area (Å²) in [5.41, 5.74) is 1.61. The van der Waals surface area contributed by atoms with E-state index in [4.69, 9.17) is 11.6 Å². The van der Waals surface area contributed by atoms with Crippen molar-refractivity contribution < 1.29 is 18.0 Å². The molecule has 34 heavy (non-hydrogen) atoms. The second kappa shape index (κ2) is 12.3. The normalized spacial score (nSPS) is 13.4. The number of carbonyl (C=O) groups is 2. The van der Waals surface area contributed by atoms with Crippen molar-refractivity contribution in [3.8, 4) is 0 Å². The molecule has 2 atom stereocenters. The van der Waals surface area contributed by atoms with Gasteiger partial charge < -0.3 is 10.2 Å². The van der Waals surface area contributed by atoms with Gasteiger partial charge in [0.05, 0.1) is 11.4 Å². The number of hydrogen-bond donors (Lipinski definition) is 1. The summed E-state index contributed by atoms with van der Waals surface area (Å²) in [6.45, 7) is 7.22. The Kier molecular flexibility index (Phi) is 10.1. The Morgan fingerprint density at radius 3 is 2.21 bits per heavy atom. The van der Waals surface area contributed by atoms with Gasteiger partial charge in [0.1, 0.15) is 6.04 Å². The minimum atomic E-state index is -3.88. The zero-order chi connectivity index (χ0) is 25.5. The topological polar surface area (TPSA) is 86.8 Å². The second-order valence-corrected chi connectivity index (χ2v) is 10.9. The van der Waals surface area contributed by atoms with E-state index >= 15 is 0 Å². The predicted octanol–water partition coefficient (Wildman–Crippen LogP) is 3.99. The highest BCUT2D eigenvalue weighted by atomic mass is 35.5. The lowest BCUT2D eigenvalue weighted by atomic mass is 10.1. The molecule has 2 amide bonds. The van der Waals surface area contributed by atoms with Gasteiger partial charge in [-0.25, -0.2) is 8.42 Å². The van der Waals surface area contributed by atoms with Crippen LogP contribution in [0.15, 0.2) is 53.4 Å². The SMILES string of the molecule is CC[C@@H](C)NC(=O)[C@@H](CC)N(Cc1ccccc1Cl)C(=O)CN(C)S(=O)(=O)c1ccc(C)cc1. The number of carbonyl (C=O) groups excluding carboxylic acids is 2. The van der Waals surface area contributed by atoms with Crippen LogP contribution in [0, 0.1) is 6.92 Å². The summed E-state index contributed by atoms with van der Waals surface area (Å²) in [7, 11) is -2.52. The molecule has 0 bridgehead atoms. The average Bonchev–Trinajstić information content (AvgIpc) is 2.80. The van der Waals surface area contributed by atoms with Crippen LogP contribution < -0.4 is 5.32 Å². The van der Waals surface area contributed by atoms with Crippen molar-refractivity contribution in [2.45, 2.75) is 64.1 Å². The fourth-order valence-electron chi connectivity index (χ4n) is 3.43. The summed E-state index contributed by atoms with van der Waals surface area (Å²) >= 11 is 6.33. The first-order valence-electron chi connectivity index (χ1n) is 11.4. The van der Waals surface area contributed by atoms with Gasteiger partial charge in [-0.2, -0.15) is 4.31 Å². The van der Waals surface area contributed by atoms with Crippen molar-refractivity contribution in [1.82, 2.24) is 14.5 Å². The molecule has 0 aliphatic heterocycles. The van der Waals surface area contributed by atoms with Gasteiger partial charge in [0.25, 0.3) is 0 Å². The maximum atomic E-state index is 13.5. The second-order valence-electron chi connectivity index (χ2n) is 8.43. The number of hydrogen-bond acceptors (Lipinski definition) is 4. The van der Waals surface area contributed by atoms with Gasteiger partial charge in [0.2, 0.25) is 21.8 Å². The van der Waals surface area contributed by atoms with E-state index in [1.165, 1.54) is 24.1 Å². The average molecular weight is 508 g/mol. The Labute approximate surface area is 208 Å². The monoisotopic (exact) mass is 507 g/mol. The van der Waals surface area contributed by atoms with Gasteiger partial charge >= 0.3 is 0 Å². The summed E-state index contributed by atoms with van der Waals surface area (Å²) in [6.07, 6.45) is 1.12. The quantitative estimate of drug-likeness (QED) is 0.498. The van der Waals surface area contributed by atoms with Crippen molar-refractivity contribution >= 4 is 33.4 Å². The Bertz CT molecular complexity index is 1090. The largest absolute Gasteiger partial charge is 0.352 e. The lowest BCUT2D eigenvalue weighted by molar-refractivity contribution is -0.141. The van der Waals surface area contributed by atoms with Crippen LogP contribution in [0.4, 0.5) is 0 Å². The Hall–Kier alpha value is -2.42. The van der Waals surface area contributed by atoms with Crippen molar-refractivity contribution in [3.63, 3.8) is 0 Å². The summed E-state index contributed by atoms with van der Waals surface area (Å²) in [5.74, 6) is -0.759. The third-order valence-corrected chi connectivity index (χ3v) is 7.96. The summed E-state index contributed by atoms with van der Waals surface area (Å²) in [6, 6.07) is 12.7. The molecule has 0 fully saturated rings. The van der Waals surface area contributed by atoms with E-state index in [2.05, 4.69) is 5.32 Å². The number of nitrogens with one attached hydrogen (secondary N) is 1. The fourth-order valence-corrected chi connectivity index (χ4v) is 4.74. The molecule has 0 heterocycles. The third kappa shape index (κ3) is 7.04. The molecule has 0 radical (unpaired) electrons. The predicted molar refractivity (Wildman–Crippen MR) is 135 cm³/mol. The molecule has 0 spiro atoms. The first-order chi connectivity index (χ1) is 16.0. The first kappa shape index (κ1) is 27.8. The number of likely N-dealkylation sites (N-methyl/N-ethyl adjacent to an activating group) is 1. The van der Waals surface area contributed by atoms with Crippen LogP contribution in [-0.4, -0.2) is 55.1 Å². The first-order valence-corrected chi connectivity index (χ1v) is 13.2. The van der Waals surface area contributed by atoms with Crippen LogP contribution >= 0.6 is 11.6 Å². The number of sulfonamides is 1. The molecule has 0 aliphatic carbocycles. The lowest BCUT2D eigenvalue weighted by Gasteiger charge is -2.32. The highest BCUT2D eigenvalue weighted by Gasteiger charge is 2.32. The maximum Gasteiger partial charge on any atom is 0.243 e. The molecule has 0 aliphatic rings. The molecule has 2 rings (SSSR count). The fraction of sp³-hybridized carbons (Fsp3) is 0.440. The Balaban J connectivity index is 2.34. The summed E-state index contributed by atoms with van der Waals surface area (Å²) < 4.78 is 27.1. The molecule has 7 nitrogen and oxygen atoms in total. The van der Waals surface area contributed by atoms with E-state index in [1.54, 1.807) is 36.4 Å². The Morgan fingerprint density at radius 1 is 1.03 bits per heavy atom. The third-order valence-electron chi connectivity index (χ3n) is 5.77. The number of halogens is 1. The molecule has 9 heteroatoms. The zero-order valence-corrected chi connectivity index (χ0v) is 22.0. The van der Waals surface area contributed by atoms with E-state index in [9.17, 15) is 18.0 Å². The van der Waals surface area contributed by atoms with Gasteiger partial charge in [-0.15, -0.1) is 0 Å². The number of amides is 2. The summed E-state index contributed by atoms with van der Waals surface area (Å²) in [5, 5.41) is 3.40. The Morgan fingerprint density at radius 2 is 1.65 bits per heavy atom. The van der Waals surface area contributed by atoms with E-state index < -0.39 is 28.5 Å². The van der Waals surface area contributed by atoms with E-state index in [1.807, 2.05) is 27.7 Å². The molecule has 0 saturated carbocycles. The van der Waals surface area contributed by atoms with Gasteiger partial charge in [-0.05, 0) is 50.5 Å². The molecular weight excluding hydrogens is 474 g/mol. The molecule has 2 aromatic carbocycles. The molecule has 0 saturated heterocycles. The molecular formula is C25H34ClN3O4S. The van der Waals surface area contributed by atoms with Crippen LogP contribution in [0.2, 0.25) is 5.02 Å². The van der Waals surface area contributed by atoms with Crippen molar-refractivity contribution in [2.75, 3.05) is 13.6 Å². The van der Waals surface area contributed by atoms with Crippen LogP contribution in [0.5, 0.6) is 0 Å². The highest BCUT2D eigenvalue weighted by molar-refractivity contribution is 7.89. The molecule has 2 aromatic rings. The lowest BCUT2D eigenvalue weighted by Crippen LogP contribution is -2.53. The molecule has 0 aromatic heterocycles. The molecule has 186 valence electrons. The van der Waals surface area contributed by atoms with Gasteiger partial charge in [0, 0.05) is 24.7 Å². The standard InChI is InChI=1S/C25H34ClN3O4S/c1-6-19(4)27-25(31)23(7-2)29(16-20-10-8-9-11-22(20)26)24(30)17-28(5)34(32,33)21-14-12-18(3)13-15-21/h8-15,19,23H,6-7,16-17H2,1-5H3,(H,27,31)/t19-,23-/m1/s1. The van der Waals surface area contributed by atoms with Crippen LogP contribution in [0.1, 0.15) is 44.7 Å². The van der Waals surface area contributed by atoms with Gasteiger partial charge in [-0.3, -0.25) is 9.59 Å². The maximum absolute atomic E-state index is 13.5. The smallest absolute Gasteiger partial charge is 0.243 e. The summed E-state index contributed by atoms with van der Waals surface area (Å²) in [4.78, 5) is 28.0. The number of aryl methyl sites for hydroxylation is 1. The van der Waals surface area contributed by atoms with E-state index in [0.29, 0.717) is 17.0 Å². The van der Waals surface area contributed by atoms with Crippen molar-refractivity contribution in [2.24, 2.45) is 0 Å². The minimum Gasteiger partial charge on any atom is -0.352 e. The van der Waals surface area contributed by atoms with Gasteiger partial charge in [0.15, 0.2) is 0 Å². The van der Waals surface area contributed by atoms with E-state index in [-0.39, 0.29) is 23.4 Å². The number of rotatable bonds is 11. The van der Waals surface area contributed by atoms with Crippen LogP contribution in [0.25, 0.3) is 0 Å². The van der Waals surface area contributed by atoms with Crippen LogP contribution in [-0.2, 0) is 26.2 Å². The number of benzene rings is 2. The number of nitrogens with zero attached hydrogens (tertiary/aromatic N) is 2. The molecule has 0 unspecified atom stereocenters. The zero-order valence-electron chi connectivity index (χ0n) is 20.4. The minimum absolute atomic E-state index is 0.0524. The van der Waals surface area contributed by atoms with Crippen molar-refractivity contribution in [1.29, 1.82) is 0 Å². The molecule has 1 N–H and O–H groups in total.